The van der Waals surface area contributed by atoms with Crippen molar-refractivity contribution in [3.63, 3.8) is 0 Å². The second kappa shape index (κ2) is 7.31. The predicted molar refractivity (Wildman–Crippen MR) is 79.5 cm³/mol. The fraction of sp³-hybridized carbons (Fsp3) is 0.417. The first kappa shape index (κ1) is 16.5. The molecule has 110 valence electrons. The molecule has 1 N–H and O–H groups in total. The smallest absolute Gasteiger partial charge is 0.293 e. The molecule has 0 aromatic heterocycles. The summed E-state index contributed by atoms with van der Waals surface area (Å²) in [6.07, 6.45) is 0. The minimum atomic E-state index is -0.577. The summed E-state index contributed by atoms with van der Waals surface area (Å²) in [5.41, 5.74) is -0.0448. The highest BCUT2D eigenvalue weighted by Gasteiger charge is 2.18. The summed E-state index contributed by atoms with van der Waals surface area (Å²) in [4.78, 5) is 23.8. The van der Waals surface area contributed by atoms with Crippen molar-refractivity contribution in [2.75, 3.05) is 25.0 Å². The largest absolute Gasteiger partial charge is 0.371 e. The van der Waals surface area contributed by atoms with Crippen LogP contribution in [0.25, 0.3) is 0 Å². The molecule has 20 heavy (non-hydrogen) atoms. The lowest BCUT2D eigenvalue weighted by Gasteiger charge is -2.19. The molecule has 6 nitrogen and oxygen atoms in total. The Morgan fingerprint density at radius 3 is 2.35 bits per heavy atom. The first-order chi connectivity index (χ1) is 9.40. The second-order valence-electron chi connectivity index (χ2n) is 3.96. The van der Waals surface area contributed by atoms with Crippen molar-refractivity contribution < 1.29 is 9.72 Å². The van der Waals surface area contributed by atoms with Gasteiger partial charge in [0.2, 0.25) is 5.91 Å². The zero-order valence-electron chi connectivity index (χ0n) is 11.2. The van der Waals surface area contributed by atoms with E-state index in [9.17, 15) is 14.9 Å². The SMILES string of the molecule is CCN(CC)C(=O)CNc1cc(Cl)c(Cl)cc1[N+](=O)[O-]. The van der Waals surface area contributed by atoms with E-state index in [1.165, 1.54) is 6.07 Å². The van der Waals surface area contributed by atoms with E-state index in [2.05, 4.69) is 5.32 Å². The van der Waals surface area contributed by atoms with Gasteiger partial charge in [-0.1, -0.05) is 23.2 Å². The van der Waals surface area contributed by atoms with Crippen LogP contribution in [0, 0.1) is 10.1 Å². The molecule has 0 aliphatic carbocycles. The highest BCUT2D eigenvalue weighted by atomic mass is 35.5. The topological polar surface area (TPSA) is 75.5 Å². The Kier molecular flexibility index (Phi) is 6.04. The summed E-state index contributed by atoms with van der Waals surface area (Å²) in [6, 6.07) is 2.51. The average Bonchev–Trinajstić information content (AvgIpc) is 2.40. The van der Waals surface area contributed by atoms with Crippen molar-refractivity contribution >= 4 is 40.5 Å². The Balaban J connectivity index is 2.89. The Bertz CT molecular complexity index is 519. The monoisotopic (exact) mass is 319 g/mol. The standard InChI is InChI=1S/C12H15Cl2N3O3/c1-3-16(4-2)12(18)7-15-10-5-8(13)9(14)6-11(10)17(19)20/h5-6,15H,3-4,7H2,1-2H3. The van der Waals surface area contributed by atoms with Gasteiger partial charge in [-0.3, -0.25) is 14.9 Å². The Hall–Kier alpha value is -1.53. The molecular formula is C12H15Cl2N3O3. The van der Waals surface area contributed by atoms with Gasteiger partial charge in [-0.2, -0.15) is 0 Å². The highest BCUT2D eigenvalue weighted by molar-refractivity contribution is 6.42. The third-order valence-corrected chi connectivity index (χ3v) is 3.50. The number of hydrogen-bond donors (Lipinski definition) is 1. The van der Waals surface area contributed by atoms with Gasteiger partial charge in [-0.25, -0.2) is 0 Å². The molecule has 0 bridgehead atoms. The number of amides is 1. The van der Waals surface area contributed by atoms with Crippen molar-refractivity contribution in [3.8, 4) is 0 Å². The van der Waals surface area contributed by atoms with Crippen molar-refractivity contribution in [1.82, 2.24) is 4.90 Å². The van der Waals surface area contributed by atoms with E-state index in [0.717, 1.165) is 6.07 Å². The van der Waals surface area contributed by atoms with Crippen LogP contribution in [0.5, 0.6) is 0 Å². The average molecular weight is 320 g/mol. The third-order valence-electron chi connectivity index (χ3n) is 2.78. The van der Waals surface area contributed by atoms with Gasteiger partial charge >= 0.3 is 0 Å². The molecule has 0 atom stereocenters. The number of anilines is 1. The van der Waals surface area contributed by atoms with Gasteiger partial charge in [0, 0.05) is 19.2 Å². The number of benzene rings is 1. The molecule has 1 rings (SSSR count). The van der Waals surface area contributed by atoms with Crippen LogP contribution in [-0.2, 0) is 4.79 Å². The summed E-state index contributed by atoms with van der Waals surface area (Å²) in [6.45, 7) is 4.85. The number of carbonyl (C=O) groups is 1. The van der Waals surface area contributed by atoms with Crippen LogP contribution < -0.4 is 5.32 Å². The van der Waals surface area contributed by atoms with Gasteiger partial charge in [0.15, 0.2) is 0 Å². The summed E-state index contributed by atoms with van der Waals surface area (Å²) in [5.74, 6) is -0.143. The fourth-order valence-corrected chi connectivity index (χ4v) is 2.01. The molecule has 1 aromatic carbocycles. The minimum Gasteiger partial charge on any atom is -0.371 e. The van der Waals surface area contributed by atoms with Crippen LogP contribution in [0.1, 0.15) is 13.8 Å². The van der Waals surface area contributed by atoms with E-state index >= 15 is 0 Å². The third kappa shape index (κ3) is 3.98. The van der Waals surface area contributed by atoms with Crippen molar-refractivity contribution in [2.24, 2.45) is 0 Å². The number of halogens is 2. The summed E-state index contributed by atoms with van der Waals surface area (Å²) < 4.78 is 0. The van der Waals surface area contributed by atoms with Crippen molar-refractivity contribution in [1.29, 1.82) is 0 Å². The molecule has 0 spiro atoms. The van der Waals surface area contributed by atoms with Gasteiger partial charge in [-0.05, 0) is 19.9 Å². The maximum absolute atomic E-state index is 11.8. The zero-order valence-corrected chi connectivity index (χ0v) is 12.7. The molecular weight excluding hydrogens is 305 g/mol. The molecule has 0 saturated carbocycles. The van der Waals surface area contributed by atoms with Gasteiger partial charge in [0.05, 0.1) is 21.5 Å². The molecule has 0 fully saturated rings. The summed E-state index contributed by atoms with van der Waals surface area (Å²) >= 11 is 11.6. The van der Waals surface area contributed by atoms with Crippen LogP contribution in [-0.4, -0.2) is 35.4 Å². The lowest BCUT2D eigenvalue weighted by molar-refractivity contribution is -0.383. The molecule has 0 heterocycles. The van der Waals surface area contributed by atoms with Crippen LogP contribution in [0.3, 0.4) is 0 Å². The number of carbonyl (C=O) groups excluding carboxylic acids is 1. The van der Waals surface area contributed by atoms with Crippen LogP contribution in [0.4, 0.5) is 11.4 Å². The van der Waals surface area contributed by atoms with Crippen LogP contribution >= 0.6 is 23.2 Å². The fourth-order valence-electron chi connectivity index (χ4n) is 1.69. The van der Waals surface area contributed by atoms with E-state index in [0.29, 0.717) is 13.1 Å². The number of likely N-dealkylation sites (N-methyl/N-ethyl adjacent to an activating group) is 1. The van der Waals surface area contributed by atoms with Gasteiger partial charge in [0.25, 0.3) is 5.69 Å². The van der Waals surface area contributed by atoms with E-state index in [1.54, 1.807) is 4.90 Å². The van der Waals surface area contributed by atoms with Crippen LogP contribution in [0.15, 0.2) is 12.1 Å². The molecule has 0 aliphatic heterocycles. The molecule has 8 heteroatoms. The molecule has 1 aromatic rings. The Morgan fingerprint density at radius 1 is 1.30 bits per heavy atom. The van der Waals surface area contributed by atoms with E-state index in [1.807, 2.05) is 13.8 Å². The summed E-state index contributed by atoms with van der Waals surface area (Å²) in [7, 11) is 0. The highest BCUT2D eigenvalue weighted by Crippen LogP contribution is 2.33. The second-order valence-corrected chi connectivity index (χ2v) is 4.77. The summed E-state index contributed by atoms with van der Waals surface area (Å²) in [5, 5.41) is 14.0. The maximum Gasteiger partial charge on any atom is 0.293 e. The number of nitrogens with one attached hydrogen (secondary N) is 1. The number of nitrogens with zero attached hydrogens (tertiary/aromatic N) is 2. The van der Waals surface area contributed by atoms with E-state index in [4.69, 9.17) is 23.2 Å². The van der Waals surface area contributed by atoms with Gasteiger partial charge in [-0.15, -0.1) is 0 Å². The Morgan fingerprint density at radius 2 is 1.85 bits per heavy atom. The van der Waals surface area contributed by atoms with Crippen molar-refractivity contribution in [3.05, 3.63) is 32.3 Å². The number of hydrogen-bond acceptors (Lipinski definition) is 4. The molecule has 0 aliphatic rings. The van der Waals surface area contributed by atoms with E-state index in [-0.39, 0.29) is 33.9 Å². The zero-order chi connectivity index (χ0) is 15.3. The Labute approximate surface area is 126 Å². The molecule has 0 unspecified atom stereocenters. The number of rotatable bonds is 6. The number of nitro groups is 1. The van der Waals surface area contributed by atoms with Gasteiger partial charge < -0.3 is 10.2 Å². The number of nitro benzene ring substituents is 1. The first-order valence-electron chi connectivity index (χ1n) is 6.05. The van der Waals surface area contributed by atoms with Crippen molar-refractivity contribution in [2.45, 2.75) is 13.8 Å². The quantitative estimate of drug-likeness (QED) is 0.645. The lowest BCUT2D eigenvalue weighted by Crippen LogP contribution is -2.35. The molecule has 0 saturated heterocycles. The maximum atomic E-state index is 11.8. The van der Waals surface area contributed by atoms with E-state index < -0.39 is 4.92 Å². The lowest BCUT2D eigenvalue weighted by atomic mass is 10.2. The van der Waals surface area contributed by atoms with Gasteiger partial charge in [0.1, 0.15) is 5.69 Å². The molecule has 0 radical (unpaired) electrons. The molecule has 1 amide bonds. The van der Waals surface area contributed by atoms with Crippen LogP contribution in [0.2, 0.25) is 10.0 Å². The first-order valence-corrected chi connectivity index (χ1v) is 6.81. The normalized spacial score (nSPS) is 10.2. The minimum absolute atomic E-state index is 0.0412. The predicted octanol–water partition coefficient (Wildman–Crippen LogP) is 3.18.